The molecule has 84 valence electrons. The molecule has 15 heavy (non-hydrogen) atoms. The van der Waals surface area contributed by atoms with Crippen LogP contribution in [0.4, 0.5) is 0 Å². The van der Waals surface area contributed by atoms with E-state index in [1.54, 1.807) is 0 Å². The van der Waals surface area contributed by atoms with Gasteiger partial charge in [-0.3, -0.25) is 0 Å². The van der Waals surface area contributed by atoms with Crippen LogP contribution in [0.25, 0.3) is 0 Å². The lowest BCUT2D eigenvalue weighted by Gasteiger charge is -2.13. The Bertz CT molecular complexity index is 246. The zero-order valence-electron chi connectivity index (χ0n) is 9.10. The lowest BCUT2D eigenvalue weighted by Crippen LogP contribution is -2.09. The van der Waals surface area contributed by atoms with Crippen molar-refractivity contribution in [2.24, 2.45) is 5.92 Å². The molecule has 0 aliphatic carbocycles. The SMILES string of the molecule is OCCCC[C@@H](CO)Cc1ccccc1. The van der Waals surface area contributed by atoms with E-state index in [1.165, 1.54) is 5.56 Å². The van der Waals surface area contributed by atoms with E-state index in [-0.39, 0.29) is 13.2 Å². The average molecular weight is 208 g/mol. The van der Waals surface area contributed by atoms with Crippen molar-refractivity contribution in [3.8, 4) is 0 Å². The standard InChI is InChI=1S/C13H20O2/c14-9-5-4-8-13(11-15)10-12-6-2-1-3-7-12/h1-3,6-7,13-15H,4-5,8-11H2/t13-/m1/s1. The van der Waals surface area contributed by atoms with Crippen LogP contribution in [0.3, 0.4) is 0 Å². The van der Waals surface area contributed by atoms with Gasteiger partial charge in [0.2, 0.25) is 0 Å². The Balaban J connectivity index is 2.33. The maximum Gasteiger partial charge on any atom is 0.0462 e. The number of hydrogen-bond donors (Lipinski definition) is 2. The second-order valence-corrected chi connectivity index (χ2v) is 3.96. The summed E-state index contributed by atoms with van der Waals surface area (Å²) in [5.41, 5.74) is 1.28. The Kier molecular flexibility index (Phi) is 6.05. The van der Waals surface area contributed by atoms with Gasteiger partial charge in [0, 0.05) is 13.2 Å². The van der Waals surface area contributed by atoms with Gasteiger partial charge in [-0.1, -0.05) is 36.8 Å². The third-order valence-corrected chi connectivity index (χ3v) is 2.65. The predicted molar refractivity (Wildman–Crippen MR) is 61.7 cm³/mol. The summed E-state index contributed by atoms with van der Waals surface area (Å²) in [7, 11) is 0. The van der Waals surface area contributed by atoms with Crippen LogP contribution >= 0.6 is 0 Å². The number of unbranched alkanes of at least 4 members (excludes halogenated alkanes) is 1. The number of hydrogen-bond acceptors (Lipinski definition) is 2. The van der Waals surface area contributed by atoms with Crippen LogP contribution in [0.15, 0.2) is 30.3 Å². The van der Waals surface area contributed by atoms with Crippen LogP contribution in [0, 0.1) is 5.92 Å². The van der Waals surface area contributed by atoms with Crippen LogP contribution in [0.1, 0.15) is 24.8 Å². The molecule has 0 amide bonds. The van der Waals surface area contributed by atoms with E-state index in [2.05, 4.69) is 12.1 Å². The summed E-state index contributed by atoms with van der Waals surface area (Å²) in [6.45, 7) is 0.490. The molecule has 1 aromatic carbocycles. The maximum absolute atomic E-state index is 9.22. The average Bonchev–Trinajstić information content (AvgIpc) is 2.29. The van der Waals surface area contributed by atoms with Crippen molar-refractivity contribution in [2.75, 3.05) is 13.2 Å². The zero-order valence-corrected chi connectivity index (χ0v) is 9.10. The van der Waals surface area contributed by atoms with Crippen LogP contribution in [-0.2, 0) is 6.42 Å². The number of aliphatic hydroxyl groups is 2. The van der Waals surface area contributed by atoms with Crippen LogP contribution < -0.4 is 0 Å². The molecule has 0 unspecified atom stereocenters. The van der Waals surface area contributed by atoms with Gasteiger partial charge in [-0.05, 0) is 30.7 Å². The number of rotatable bonds is 7. The topological polar surface area (TPSA) is 40.5 Å². The van der Waals surface area contributed by atoms with Gasteiger partial charge >= 0.3 is 0 Å². The Hall–Kier alpha value is -0.860. The zero-order chi connectivity index (χ0) is 10.9. The molecule has 2 N–H and O–H groups in total. The predicted octanol–water partition coefficient (Wildman–Crippen LogP) is 2.00. The van der Waals surface area contributed by atoms with Crippen molar-refractivity contribution < 1.29 is 10.2 Å². The second kappa shape index (κ2) is 7.43. The van der Waals surface area contributed by atoms with Crippen molar-refractivity contribution in [1.29, 1.82) is 0 Å². The lowest BCUT2D eigenvalue weighted by molar-refractivity contribution is 0.209. The Morgan fingerprint density at radius 3 is 2.33 bits per heavy atom. The molecule has 0 saturated heterocycles. The van der Waals surface area contributed by atoms with E-state index in [9.17, 15) is 5.11 Å². The molecule has 1 rings (SSSR count). The highest BCUT2D eigenvalue weighted by Crippen LogP contribution is 2.14. The third kappa shape index (κ3) is 4.96. The van der Waals surface area contributed by atoms with Gasteiger partial charge in [0.1, 0.15) is 0 Å². The van der Waals surface area contributed by atoms with Crippen molar-refractivity contribution in [3.63, 3.8) is 0 Å². The molecule has 0 spiro atoms. The summed E-state index contributed by atoms with van der Waals surface area (Å²) in [6.07, 6.45) is 3.76. The van der Waals surface area contributed by atoms with Crippen molar-refractivity contribution in [1.82, 2.24) is 0 Å². The molecule has 0 fully saturated rings. The Morgan fingerprint density at radius 2 is 1.73 bits per heavy atom. The summed E-state index contributed by atoms with van der Waals surface area (Å²) in [4.78, 5) is 0. The molecule has 0 saturated carbocycles. The first-order chi connectivity index (χ1) is 7.36. The summed E-state index contributed by atoms with van der Waals surface area (Å²) >= 11 is 0. The lowest BCUT2D eigenvalue weighted by atomic mass is 9.95. The summed E-state index contributed by atoms with van der Waals surface area (Å²) in [5, 5.41) is 17.9. The molecule has 0 radical (unpaired) electrons. The Morgan fingerprint density at radius 1 is 1.00 bits per heavy atom. The van der Waals surface area contributed by atoms with Crippen molar-refractivity contribution in [3.05, 3.63) is 35.9 Å². The van der Waals surface area contributed by atoms with Gasteiger partial charge < -0.3 is 10.2 Å². The van der Waals surface area contributed by atoms with Crippen LogP contribution in [-0.4, -0.2) is 23.4 Å². The summed E-state index contributed by atoms with van der Waals surface area (Å²) in [6, 6.07) is 10.2. The summed E-state index contributed by atoms with van der Waals surface area (Å²) in [5.74, 6) is 0.332. The van der Waals surface area contributed by atoms with E-state index < -0.39 is 0 Å². The highest BCUT2D eigenvalue weighted by atomic mass is 16.3. The minimum Gasteiger partial charge on any atom is -0.396 e. The molecule has 0 heterocycles. The number of benzene rings is 1. The number of aliphatic hydroxyl groups excluding tert-OH is 2. The van der Waals surface area contributed by atoms with Crippen LogP contribution in [0.2, 0.25) is 0 Å². The van der Waals surface area contributed by atoms with Gasteiger partial charge in [-0.15, -0.1) is 0 Å². The normalized spacial score (nSPS) is 12.7. The molecule has 1 atom stereocenters. The molecule has 0 bridgehead atoms. The highest BCUT2D eigenvalue weighted by molar-refractivity contribution is 5.15. The molecular formula is C13H20O2. The fourth-order valence-electron chi connectivity index (χ4n) is 1.75. The maximum atomic E-state index is 9.22. The van der Waals surface area contributed by atoms with E-state index in [1.807, 2.05) is 18.2 Å². The van der Waals surface area contributed by atoms with Gasteiger partial charge in [-0.2, -0.15) is 0 Å². The molecule has 0 aliphatic rings. The first-order valence-corrected chi connectivity index (χ1v) is 5.62. The smallest absolute Gasteiger partial charge is 0.0462 e. The van der Waals surface area contributed by atoms with Crippen molar-refractivity contribution in [2.45, 2.75) is 25.7 Å². The molecule has 0 aliphatic heterocycles. The monoisotopic (exact) mass is 208 g/mol. The summed E-state index contributed by atoms with van der Waals surface area (Å²) < 4.78 is 0. The Labute approximate surface area is 91.6 Å². The highest BCUT2D eigenvalue weighted by Gasteiger charge is 2.07. The third-order valence-electron chi connectivity index (χ3n) is 2.65. The minimum atomic E-state index is 0.236. The quantitative estimate of drug-likeness (QED) is 0.673. The largest absolute Gasteiger partial charge is 0.396 e. The first kappa shape index (κ1) is 12.2. The van der Waals surface area contributed by atoms with Gasteiger partial charge in [-0.25, -0.2) is 0 Å². The first-order valence-electron chi connectivity index (χ1n) is 5.62. The molecule has 0 aromatic heterocycles. The van der Waals surface area contributed by atoms with E-state index >= 15 is 0 Å². The molecule has 2 heteroatoms. The second-order valence-electron chi connectivity index (χ2n) is 3.96. The van der Waals surface area contributed by atoms with Gasteiger partial charge in [0.05, 0.1) is 0 Å². The van der Waals surface area contributed by atoms with E-state index in [0.29, 0.717) is 5.92 Å². The van der Waals surface area contributed by atoms with Crippen LogP contribution in [0.5, 0.6) is 0 Å². The molecule has 1 aromatic rings. The van der Waals surface area contributed by atoms with Crippen molar-refractivity contribution >= 4 is 0 Å². The fourth-order valence-corrected chi connectivity index (χ4v) is 1.75. The molecular weight excluding hydrogens is 188 g/mol. The van der Waals surface area contributed by atoms with Gasteiger partial charge in [0.15, 0.2) is 0 Å². The fraction of sp³-hybridized carbons (Fsp3) is 0.538. The van der Waals surface area contributed by atoms with E-state index in [4.69, 9.17) is 5.11 Å². The van der Waals surface area contributed by atoms with Gasteiger partial charge in [0.25, 0.3) is 0 Å². The minimum absolute atomic E-state index is 0.236. The van der Waals surface area contributed by atoms with E-state index in [0.717, 1.165) is 25.7 Å². The molecule has 2 nitrogen and oxygen atoms in total.